The maximum atomic E-state index is 11.7. The van der Waals surface area contributed by atoms with Crippen LogP contribution < -0.4 is 0 Å². The summed E-state index contributed by atoms with van der Waals surface area (Å²) in [4.78, 5) is 24.7. The fourth-order valence-electron chi connectivity index (χ4n) is 2.32. The molecular formula is C11H13Cl2NO2. The first-order chi connectivity index (χ1) is 7.52. The molecule has 5 heteroatoms. The molecule has 2 rings (SSSR count). The number of hydrogen-bond acceptors (Lipinski definition) is 2. The van der Waals surface area contributed by atoms with Crippen molar-refractivity contribution in [2.75, 3.05) is 0 Å². The third-order valence-corrected chi connectivity index (χ3v) is 4.15. The first-order valence-corrected chi connectivity index (χ1v) is 6.21. The van der Waals surface area contributed by atoms with Gasteiger partial charge in [-0.05, 0) is 31.6 Å². The molecule has 0 bridgehead atoms. The molecular weight excluding hydrogens is 249 g/mol. The van der Waals surface area contributed by atoms with E-state index in [2.05, 4.69) is 6.92 Å². The van der Waals surface area contributed by atoms with Gasteiger partial charge in [0.05, 0.1) is 0 Å². The van der Waals surface area contributed by atoms with Crippen LogP contribution in [0.15, 0.2) is 10.1 Å². The number of nitrogens with zero attached hydrogens (tertiary/aromatic N) is 1. The molecule has 1 saturated carbocycles. The lowest BCUT2D eigenvalue weighted by Crippen LogP contribution is -2.42. The van der Waals surface area contributed by atoms with Crippen molar-refractivity contribution in [3.63, 3.8) is 0 Å². The fraction of sp³-hybridized carbons (Fsp3) is 0.636. The van der Waals surface area contributed by atoms with Gasteiger partial charge in [0.15, 0.2) is 0 Å². The highest BCUT2D eigenvalue weighted by molar-refractivity contribution is 6.58. The van der Waals surface area contributed by atoms with E-state index in [9.17, 15) is 9.59 Å². The van der Waals surface area contributed by atoms with Gasteiger partial charge in [-0.25, -0.2) is 0 Å². The maximum Gasteiger partial charge on any atom is 0.274 e. The molecule has 1 fully saturated rings. The summed E-state index contributed by atoms with van der Waals surface area (Å²) < 4.78 is 0. The molecule has 0 aromatic heterocycles. The highest BCUT2D eigenvalue weighted by atomic mass is 35.5. The minimum atomic E-state index is -0.434. The van der Waals surface area contributed by atoms with Crippen LogP contribution in [0.5, 0.6) is 0 Å². The fourth-order valence-corrected chi connectivity index (χ4v) is 2.67. The van der Waals surface area contributed by atoms with Crippen molar-refractivity contribution in [3.05, 3.63) is 10.1 Å². The Labute approximate surface area is 104 Å². The lowest BCUT2D eigenvalue weighted by Gasteiger charge is -2.32. The van der Waals surface area contributed by atoms with Gasteiger partial charge < -0.3 is 0 Å². The Hall–Kier alpha value is -0.540. The van der Waals surface area contributed by atoms with E-state index in [1.165, 1.54) is 4.90 Å². The van der Waals surface area contributed by atoms with Gasteiger partial charge in [0, 0.05) is 6.04 Å². The van der Waals surface area contributed by atoms with Gasteiger partial charge in [0.1, 0.15) is 10.1 Å². The van der Waals surface area contributed by atoms with Gasteiger partial charge in [-0.3, -0.25) is 14.5 Å². The van der Waals surface area contributed by atoms with Gasteiger partial charge in [-0.2, -0.15) is 0 Å². The molecule has 0 aromatic carbocycles. The zero-order valence-electron chi connectivity index (χ0n) is 9.00. The number of halogens is 2. The van der Waals surface area contributed by atoms with Crippen LogP contribution in [0.3, 0.4) is 0 Å². The summed E-state index contributed by atoms with van der Waals surface area (Å²) >= 11 is 11.4. The lowest BCUT2D eigenvalue weighted by atomic mass is 9.86. The summed E-state index contributed by atoms with van der Waals surface area (Å²) in [6.07, 6.45) is 3.79. The van der Waals surface area contributed by atoms with E-state index in [4.69, 9.17) is 23.2 Å². The normalized spacial score (nSPS) is 31.6. The monoisotopic (exact) mass is 261 g/mol. The number of carbonyl (C=O) groups is 2. The van der Waals surface area contributed by atoms with Gasteiger partial charge >= 0.3 is 0 Å². The minimum Gasteiger partial charge on any atom is -0.270 e. The molecule has 0 aromatic rings. The van der Waals surface area contributed by atoms with Crippen molar-refractivity contribution in [2.45, 2.75) is 38.6 Å². The van der Waals surface area contributed by atoms with E-state index in [0.29, 0.717) is 5.92 Å². The van der Waals surface area contributed by atoms with Crippen LogP contribution in [0.4, 0.5) is 0 Å². The zero-order valence-corrected chi connectivity index (χ0v) is 10.5. The van der Waals surface area contributed by atoms with E-state index in [1.807, 2.05) is 0 Å². The van der Waals surface area contributed by atoms with Crippen LogP contribution in [-0.2, 0) is 9.59 Å². The van der Waals surface area contributed by atoms with Gasteiger partial charge in [-0.1, -0.05) is 30.1 Å². The van der Waals surface area contributed by atoms with Crippen LogP contribution in [0.25, 0.3) is 0 Å². The average Bonchev–Trinajstić information content (AvgIpc) is 2.46. The molecule has 0 saturated heterocycles. The molecule has 1 heterocycles. The van der Waals surface area contributed by atoms with Crippen molar-refractivity contribution < 1.29 is 9.59 Å². The summed E-state index contributed by atoms with van der Waals surface area (Å²) in [7, 11) is 0. The third-order valence-electron chi connectivity index (χ3n) is 3.36. The van der Waals surface area contributed by atoms with Gasteiger partial charge in [-0.15, -0.1) is 0 Å². The second-order valence-corrected chi connectivity index (χ2v) is 5.28. The van der Waals surface area contributed by atoms with Gasteiger partial charge in [0.2, 0.25) is 0 Å². The Balaban J connectivity index is 2.13. The van der Waals surface area contributed by atoms with E-state index in [0.717, 1.165) is 25.7 Å². The van der Waals surface area contributed by atoms with E-state index >= 15 is 0 Å². The van der Waals surface area contributed by atoms with Crippen molar-refractivity contribution >= 4 is 35.0 Å². The van der Waals surface area contributed by atoms with Crippen LogP contribution in [0, 0.1) is 5.92 Å². The molecule has 16 heavy (non-hydrogen) atoms. The SMILES string of the molecule is CC1CCC(N2C(=O)C(Cl)=C(Cl)C2=O)CC1. The molecule has 1 aliphatic heterocycles. The number of imide groups is 1. The minimum absolute atomic E-state index is 0.0267. The second kappa shape index (κ2) is 4.38. The Morgan fingerprint density at radius 1 is 1.00 bits per heavy atom. The number of carbonyl (C=O) groups excluding carboxylic acids is 2. The van der Waals surface area contributed by atoms with E-state index in [-0.39, 0.29) is 16.1 Å². The van der Waals surface area contributed by atoms with Crippen LogP contribution in [0.2, 0.25) is 0 Å². The van der Waals surface area contributed by atoms with Crippen molar-refractivity contribution in [2.24, 2.45) is 5.92 Å². The van der Waals surface area contributed by atoms with E-state index < -0.39 is 11.8 Å². The zero-order chi connectivity index (χ0) is 11.9. The summed E-state index contributed by atoms with van der Waals surface area (Å²) in [6.45, 7) is 2.18. The lowest BCUT2D eigenvalue weighted by molar-refractivity contribution is -0.140. The second-order valence-electron chi connectivity index (χ2n) is 4.52. The predicted molar refractivity (Wildman–Crippen MR) is 62.0 cm³/mol. The Morgan fingerprint density at radius 3 is 1.88 bits per heavy atom. The number of hydrogen-bond donors (Lipinski definition) is 0. The topological polar surface area (TPSA) is 37.4 Å². The molecule has 0 unspecified atom stereocenters. The van der Waals surface area contributed by atoms with Crippen molar-refractivity contribution in [1.29, 1.82) is 0 Å². The molecule has 2 amide bonds. The predicted octanol–water partition coefficient (Wildman–Crippen LogP) is 2.62. The summed E-state index contributed by atoms with van der Waals surface area (Å²) in [5.41, 5.74) is 0. The largest absolute Gasteiger partial charge is 0.274 e. The van der Waals surface area contributed by atoms with Crippen LogP contribution >= 0.6 is 23.2 Å². The maximum absolute atomic E-state index is 11.7. The Bertz CT molecular complexity index is 346. The van der Waals surface area contributed by atoms with Crippen LogP contribution in [0.1, 0.15) is 32.6 Å². The Kier molecular flexibility index (Phi) is 3.27. The first-order valence-electron chi connectivity index (χ1n) is 5.45. The molecule has 3 nitrogen and oxygen atoms in total. The molecule has 0 N–H and O–H groups in total. The molecule has 0 atom stereocenters. The molecule has 88 valence electrons. The summed E-state index contributed by atoms with van der Waals surface area (Å²) in [5, 5.41) is -0.268. The number of rotatable bonds is 1. The van der Waals surface area contributed by atoms with Crippen LogP contribution in [-0.4, -0.2) is 22.8 Å². The first kappa shape index (κ1) is 11.9. The quantitative estimate of drug-likeness (QED) is 0.681. The molecule has 0 radical (unpaired) electrons. The Morgan fingerprint density at radius 2 is 1.44 bits per heavy atom. The third kappa shape index (κ3) is 1.87. The molecule has 2 aliphatic rings. The van der Waals surface area contributed by atoms with Crippen molar-refractivity contribution in [1.82, 2.24) is 4.90 Å². The highest BCUT2D eigenvalue weighted by Crippen LogP contribution is 2.34. The average molecular weight is 262 g/mol. The number of amides is 2. The smallest absolute Gasteiger partial charge is 0.270 e. The van der Waals surface area contributed by atoms with Crippen molar-refractivity contribution in [3.8, 4) is 0 Å². The van der Waals surface area contributed by atoms with E-state index in [1.54, 1.807) is 0 Å². The molecule has 1 aliphatic carbocycles. The standard InChI is InChI=1S/C11H13Cl2NO2/c1-6-2-4-7(5-3-6)14-10(15)8(12)9(13)11(14)16/h6-7H,2-5H2,1H3. The summed E-state index contributed by atoms with van der Waals surface area (Å²) in [6, 6.07) is -0.0267. The van der Waals surface area contributed by atoms with Gasteiger partial charge in [0.25, 0.3) is 11.8 Å². The highest BCUT2D eigenvalue weighted by Gasteiger charge is 2.41. The molecule has 0 spiro atoms. The summed E-state index contributed by atoms with van der Waals surface area (Å²) in [5.74, 6) is -0.199.